The van der Waals surface area contributed by atoms with E-state index in [0.717, 1.165) is 25.9 Å². The Bertz CT molecular complexity index is 234. The first-order valence-electron chi connectivity index (χ1n) is 9.55. The first-order chi connectivity index (χ1) is 10.1. The highest BCUT2D eigenvalue weighted by Gasteiger charge is 2.33. The summed E-state index contributed by atoms with van der Waals surface area (Å²) < 4.78 is 0. The Morgan fingerprint density at radius 2 is 1.33 bits per heavy atom. The highest BCUT2D eigenvalue weighted by molar-refractivity contribution is 4.89. The molecule has 0 aliphatic carbocycles. The minimum absolute atomic E-state index is 0.0503. The Balaban J connectivity index is 2.46. The number of unbranched alkanes of at least 4 members (excludes halogenated alkanes) is 6. The van der Waals surface area contributed by atoms with Crippen molar-refractivity contribution in [2.24, 2.45) is 0 Å². The van der Waals surface area contributed by atoms with E-state index >= 15 is 0 Å². The molecule has 0 unspecified atom stereocenters. The molecule has 1 saturated heterocycles. The maximum Gasteiger partial charge on any atom is 0.0564 e. The standard InChI is InChI=1S/C19H39NO/c1-4-6-8-10-14-19(3,15-11-9-7-5-2)20-16-12-18(21)13-17-20/h18,21H,4-17H2,1-3H3. The number of nitrogens with zero attached hydrogens (tertiary/aromatic N) is 1. The fraction of sp³-hybridized carbons (Fsp3) is 1.00. The number of hydrogen-bond acceptors (Lipinski definition) is 2. The molecule has 2 heteroatoms. The van der Waals surface area contributed by atoms with E-state index in [9.17, 15) is 5.11 Å². The van der Waals surface area contributed by atoms with Crippen molar-refractivity contribution in [1.29, 1.82) is 0 Å². The summed E-state index contributed by atoms with van der Waals surface area (Å²) in [6.07, 6.45) is 15.5. The average Bonchev–Trinajstić information content (AvgIpc) is 2.49. The third-order valence-electron chi connectivity index (χ3n) is 5.37. The van der Waals surface area contributed by atoms with Crippen molar-refractivity contribution in [3.63, 3.8) is 0 Å². The van der Waals surface area contributed by atoms with E-state index in [0.29, 0.717) is 5.54 Å². The van der Waals surface area contributed by atoms with Gasteiger partial charge in [0.05, 0.1) is 6.10 Å². The molecule has 0 atom stereocenters. The van der Waals surface area contributed by atoms with Gasteiger partial charge in [0.2, 0.25) is 0 Å². The first kappa shape index (κ1) is 19.0. The second kappa shape index (κ2) is 10.6. The summed E-state index contributed by atoms with van der Waals surface area (Å²) in [7, 11) is 0. The number of hydrogen-bond donors (Lipinski definition) is 1. The van der Waals surface area contributed by atoms with Gasteiger partial charge in [0.15, 0.2) is 0 Å². The van der Waals surface area contributed by atoms with Gasteiger partial charge in [-0.1, -0.05) is 65.2 Å². The SMILES string of the molecule is CCCCCCC(C)(CCCCCC)N1CCC(O)CC1. The van der Waals surface area contributed by atoms with Crippen molar-refractivity contribution in [1.82, 2.24) is 4.90 Å². The van der Waals surface area contributed by atoms with Crippen LogP contribution in [0.2, 0.25) is 0 Å². The van der Waals surface area contributed by atoms with Gasteiger partial charge in [0.25, 0.3) is 0 Å². The molecule has 2 nitrogen and oxygen atoms in total. The molecule has 0 aromatic carbocycles. The lowest BCUT2D eigenvalue weighted by Gasteiger charge is -2.45. The molecule has 1 aliphatic heterocycles. The van der Waals surface area contributed by atoms with E-state index in [-0.39, 0.29) is 6.10 Å². The predicted molar refractivity (Wildman–Crippen MR) is 92.7 cm³/mol. The van der Waals surface area contributed by atoms with Crippen molar-refractivity contribution in [3.8, 4) is 0 Å². The summed E-state index contributed by atoms with van der Waals surface area (Å²) in [5.41, 5.74) is 0.377. The van der Waals surface area contributed by atoms with Gasteiger partial charge in [0, 0.05) is 18.6 Å². The third-order valence-corrected chi connectivity index (χ3v) is 5.37. The van der Waals surface area contributed by atoms with Crippen LogP contribution in [-0.2, 0) is 0 Å². The van der Waals surface area contributed by atoms with Crippen molar-refractivity contribution in [2.45, 2.75) is 109 Å². The molecule has 0 radical (unpaired) electrons. The molecule has 0 aromatic heterocycles. The van der Waals surface area contributed by atoms with E-state index in [1.165, 1.54) is 64.2 Å². The fourth-order valence-corrected chi connectivity index (χ4v) is 3.71. The van der Waals surface area contributed by atoms with Crippen molar-refractivity contribution < 1.29 is 5.11 Å². The molecule has 0 saturated carbocycles. The van der Waals surface area contributed by atoms with Crippen LogP contribution >= 0.6 is 0 Å². The molecule has 0 bridgehead atoms. The van der Waals surface area contributed by atoms with Crippen LogP contribution in [0.4, 0.5) is 0 Å². The molecular weight excluding hydrogens is 258 g/mol. The van der Waals surface area contributed by atoms with Gasteiger partial charge in [-0.3, -0.25) is 4.90 Å². The minimum Gasteiger partial charge on any atom is -0.393 e. The van der Waals surface area contributed by atoms with Crippen LogP contribution < -0.4 is 0 Å². The largest absolute Gasteiger partial charge is 0.393 e. The quantitative estimate of drug-likeness (QED) is 0.534. The van der Waals surface area contributed by atoms with Crippen LogP contribution in [0, 0.1) is 0 Å². The second-order valence-electron chi connectivity index (χ2n) is 7.34. The highest BCUT2D eigenvalue weighted by Crippen LogP contribution is 2.31. The van der Waals surface area contributed by atoms with Crippen LogP contribution in [0.1, 0.15) is 97.8 Å². The van der Waals surface area contributed by atoms with Crippen molar-refractivity contribution in [2.75, 3.05) is 13.1 Å². The molecular formula is C19H39NO. The molecule has 1 heterocycles. The van der Waals surface area contributed by atoms with Gasteiger partial charge in [-0.15, -0.1) is 0 Å². The van der Waals surface area contributed by atoms with Gasteiger partial charge in [-0.25, -0.2) is 0 Å². The zero-order chi connectivity index (χ0) is 15.6. The summed E-state index contributed by atoms with van der Waals surface area (Å²) in [6.45, 7) is 9.26. The number of likely N-dealkylation sites (tertiary alicyclic amines) is 1. The molecule has 126 valence electrons. The van der Waals surface area contributed by atoms with E-state index in [1.807, 2.05) is 0 Å². The maximum absolute atomic E-state index is 9.76. The number of piperidine rings is 1. The highest BCUT2D eigenvalue weighted by atomic mass is 16.3. The van der Waals surface area contributed by atoms with Crippen LogP contribution in [0.25, 0.3) is 0 Å². The Morgan fingerprint density at radius 1 is 0.857 bits per heavy atom. The van der Waals surface area contributed by atoms with Crippen molar-refractivity contribution >= 4 is 0 Å². The zero-order valence-electron chi connectivity index (χ0n) is 14.9. The summed E-state index contributed by atoms with van der Waals surface area (Å²) >= 11 is 0. The van der Waals surface area contributed by atoms with Crippen molar-refractivity contribution in [3.05, 3.63) is 0 Å². The average molecular weight is 298 g/mol. The lowest BCUT2D eigenvalue weighted by atomic mass is 9.85. The lowest BCUT2D eigenvalue weighted by Crippen LogP contribution is -2.51. The maximum atomic E-state index is 9.76. The smallest absolute Gasteiger partial charge is 0.0564 e. The third kappa shape index (κ3) is 7.15. The van der Waals surface area contributed by atoms with E-state index in [1.54, 1.807) is 0 Å². The zero-order valence-corrected chi connectivity index (χ0v) is 14.9. The minimum atomic E-state index is -0.0503. The molecule has 0 spiro atoms. The van der Waals surface area contributed by atoms with Gasteiger partial charge in [-0.2, -0.15) is 0 Å². The summed E-state index contributed by atoms with van der Waals surface area (Å²) in [6, 6.07) is 0. The first-order valence-corrected chi connectivity index (χ1v) is 9.55. The fourth-order valence-electron chi connectivity index (χ4n) is 3.71. The van der Waals surface area contributed by atoms with Gasteiger partial charge >= 0.3 is 0 Å². The summed E-state index contributed by atoms with van der Waals surface area (Å²) in [5.74, 6) is 0. The van der Waals surface area contributed by atoms with E-state index < -0.39 is 0 Å². The Labute approximate surface area is 133 Å². The van der Waals surface area contributed by atoms with Gasteiger partial charge in [0.1, 0.15) is 0 Å². The molecule has 1 rings (SSSR count). The normalized spacial score (nSPS) is 18.3. The number of aliphatic hydroxyl groups excluding tert-OH is 1. The van der Waals surface area contributed by atoms with Gasteiger partial charge < -0.3 is 5.11 Å². The Morgan fingerprint density at radius 3 is 1.76 bits per heavy atom. The molecule has 1 N–H and O–H groups in total. The second-order valence-corrected chi connectivity index (χ2v) is 7.34. The lowest BCUT2D eigenvalue weighted by molar-refractivity contribution is 0.0120. The van der Waals surface area contributed by atoms with E-state index in [4.69, 9.17) is 0 Å². The molecule has 0 amide bonds. The van der Waals surface area contributed by atoms with Crippen LogP contribution in [0.5, 0.6) is 0 Å². The monoisotopic (exact) mass is 297 g/mol. The van der Waals surface area contributed by atoms with E-state index in [2.05, 4.69) is 25.7 Å². The van der Waals surface area contributed by atoms with Gasteiger partial charge in [-0.05, 0) is 32.6 Å². The van der Waals surface area contributed by atoms with Crippen LogP contribution in [-0.4, -0.2) is 34.7 Å². The molecule has 1 fully saturated rings. The topological polar surface area (TPSA) is 23.5 Å². The summed E-state index contributed by atoms with van der Waals surface area (Å²) in [5, 5.41) is 9.76. The number of rotatable bonds is 11. The van der Waals surface area contributed by atoms with Crippen LogP contribution in [0.3, 0.4) is 0 Å². The predicted octanol–water partition coefficient (Wildman–Crippen LogP) is 5.14. The molecule has 1 aliphatic rings. The molecule has 0 aromatic rings. The Hall–Kier alpha value is -0.0800. The molecule has 21 heavy (non-hydrogen) atoms. The summed E-state index contributed by atoms with van der Waals surface area (Å²) in [4.78, 5) is 2.69. The Kier molecular flexibility index (Phi) is 9.59. The number of aliphatic hydroxyl groups is 1. The van der Waals surface area contributed by atoms with Crippen LogP contribution in [0.15, 0.2) is 0 Å².